The van der Waals surface area contributed by atoms with Crippen LogP contribution in [-0.4, -0.2) is 6.54 Å². The number of nitrogens with one attached hydrogen (secondary N) is 2. The van der Waals surface area contributed by atoms with Gasteiger partial charge in [-0.15, -0.1) is 11.3 Å². The highest BCUT2D eigenvalue weighted by atomic mass is 32.1. The summed E-state index contributed by atoms with van der Waals surface area (Å²) in [6.07, 6.45) is 5.34. The second kappa shape index (κ2) is 4.64. The van der Waals surface area contributed by atoms with Gasteiger partial charge in [-0.25, -0.2) is 0 Å². The number of allylic oxidation sites excluding steroid dienone is 1. The lowest BCUT2D eigenvalue weighted by Gasteiger charge is -2.22. The third-order valence-corrected chi connectivity index (χ3v) is 3.31. The highest BCUT2D eigenvalue weighted by Gasteiger charge is 2.15. The topological polar surface area (TPSA) is 24.1 Å². The maximum atomic E-state index is 3.97. The van der Waals surface area contributed by atoms with Crippen LogP contribution < -0.4 is 10.6 Å². The molecule has 0 amide bonds. The first kappa shape index (κ1) is 10.5. The first-order chi connectivity index (χ1) is 7.27. The van der Waals surface area contributed by atoms with Crippen molar-refractivity contribution in [3.05, 3.63) is 46.3 Å². The van der Waals surface area contributed by atoms with E-state index < -0.39 is 0 Å². The molecule has 0 saturated carbocycles. The molecule has 0 aliphatic carbocycles. The van der Waals surface area contributed by atoms with Gasteiger partial charge in [-0.05, 0) is 24.6 Å². The smallest absolute Gasteiger partial charge is 0.104 e. The molecule has 1 aromatic rings. The summed E-state index contributed by atoms with van der Waals surface area (Å²) in [7, 11) is 0. The highest BCUT2D eigenvalue weighted by molar-refractivity contribution is 7.10. The number of thiophene rings is 1. The number of hydrogen-bond acceptors (Lipinski definition) is 3. The number of hydrogen-bond donors (Lipinski definition) is 2. The Kier molecular flexibility index (Phi) is 3.23. The Labute approximate surface area is 94.7 Å². The molecule has 15 heavy (non-hydrogen) atoms. The average Bonchev–Trinajstić information content (AvgIpc) is 2.66. The van der Waals surface area contributed by atoms with Crippen LogP contribution in [0.15, 0.2) is 35.9 Å². The van der Waals surface area contributed by atoms with Gasteiger partial charge in [-0.1, -0.05) is 18.2 Å². The molecule has 2 N–H and O–H groups in total. The first-order valence-corrected chi connectivity index (χ1v) is 6.00. The van der Waals surface area contributed by atoms with Crippen LogP contribution in [0.1, 0.15) is 23.5 Å². The molecule has 2 rings (SSSR count). The predicted molar refractivity (Wildman–Crippen MR) is 65.9 cm³/mol. The lowest BCUT2D eigenvalue weighted by molar-refractivity contribution is 0.497. The van der Waals surface area contributed by atoms with Gasteiger partial charge in [-0.2, -0.15) is 0 Å². The molecule has 3 heteroatoms. The van der Waals surface area contributed by atoms with E-state index in [4.69, 9.17) is 0 Å². The quantitative estimate of drug-likeness (QED) is 0.765. The minimum Gasteiger partial charge on any atom is -0.372 e. The molecule has 1 aliphatic rings. The average molecular weight is 220 g/mol. The highest BCUT2D eigenvalue weighted by Crippen LogP contribution is 2.25. The van der Waals surface area contributed by atoms with Crippen molar-refractivity contribution in [3.8, 4) is 0 Å². The summed E-state index contributed by atoms with van der Waals surface area (Å²) in [6, 6.07) is 2.19. The van der Waals surface area contributed by atoms with Crippen LogP contribution in [0.5, 0.6) is 0 Å². The third kappa shape index (κ3) is 2.49. The van der Waals surface area contributed by atoms with Crippen molar-refractivity contribution >= 4 is 11.3 Å². The Morgan fingerprint density at radius 2 is 2.53 bits per heavy atom. The van der Waals surface area contributed by atoms with Crippen LogP contribution in [-0.2, 0) is 6.42 Å². The van der Waals surface area contributed by atoms with Gasteiger partial charge in [0.15, 0.2) is 0 Å². The molecule has 1 unspecified atom stereocenters. The van der Waals surface area contributed by atoms with Crippen molar-refractivity contribution in [2.24, 2.45) is 0 Å². The van der Waals surface area contributed by atoms with Crippen LogP contribution >= 0.6 is 11.3 Å². The second-order valence-electron chi connectivity index (χ2n) is 3.84. The van der Waals surface area contributed by atoms with Gasteiger partial charge in [0.05, 0.1) is 0 Å². The van der Waals surface area contributed by atoms with Crippen molar-refractivity contribution in [3.63, 3.8) is 0 Å². The second-order valence-corrected chi connectivity index (χ2v) is 4.84. The Morgan fingerprint density at radius 1 is 1.67 bits per heavy atom. The van der Waals surface area contributed by atoms with Gasteiger partial charge in [-0.3, -0.25) is 5.32 Å². The van der Waals surface area contributed by atoms with Gasteiger partial charge >= 0.3 is 0 Å². The van der Waals surface area contributed by atoms with E-state index in [9.17, 15) is 0 Å². The molecule has 0 saturated heterocycles. The molecular formula is C12H16N2S. The Bertz CT molecular complexity index is 379. The summed E-state index contributed by atoms with van der Waals surface area (Å²) >= 11 is 1.81. The van der Waals surface area contributed by atoms with Crippen molar-refractivity contribution in [1.82, 2.24) is 10.6 Å². The fraction of sp³-hybridized carbons (Fsp3) is 0.333. The molecule has 80 valence electrons. The van der Waals surface area contributed by atoms with Crippen molar-refractivity contribution in [1.29, 1.82) is 0 Å². The summed E-state index contributed by atoms with van der Waals surface area (Å²) in [5.41, 5.74) is 2.57. The van der Waals surface area contributed by atoms with Crippen LogP contribution in [0.4, 0.5) is 0 Å². The summed E-state index contributed by atoms with van der Waals surface area (Å²) in [6.45, 7) is 6.97. The standard InChI is InChI=1S/C12H16N2S/c1-9(2)8-11-10(4-7-15-11)12-13-5-3-6-14-12/h3-5,7,12-14H,1,6,8H2,2H3. The van der Waals surface area contributed by atoms with E-state index in [1.54, 1.807) is 11.3 Å². The van der Waals surface area contributed by atoms with Gasteiger partial charge in [0, 0.05) is 23.4 Å². The molecule has 1 aromatic heterocycles. The van der Waals surface area contributed by atoms with Gasteiger partial charge < -0.3 is 5.32 Å². The maximum absolute atomic E-state index is 3.97. The fourth-order valence-corrected chi connectivity index (χ4v) is 2.72. The SMILES string of the molecule is C=C(C)Cc1sccc1C1NC=CCN1. The summed E-state index contributed by atoms with van der Waals surface area (Å²) in [5.74, 6) is 0. The molecule has 1 atom stereocenters. The Morgan fingerprint density at radius 3 is 3.20 bits per heavy atom. The van der Waals surface area contributed by atoms with E-state index in [0.717, 1.165) is 13.0 Å². The lowest BCUT2D eigenvalue weighted by Crippen LogP contribution is -2.34. The maximum Gasteiger partial charge on any atom is 0.104 e. The van der Waals surface area contributed by atoms with E-state index in [2.05, 4.69) is 41.7 Å². The molecule has 2 nitrogen and oxygen atoms in total. The Balaban J connectivity index is 2.16. The minimum atomic E-state index is 0.260. The molecule has 0 aromatic carbocycles. The van der Waals surface area contributed by atoms with Gasteiger partial charge in [0.1, 0.15) is 6.17 Å². The van der Waals surface area contributed by atoms with E-state index in [0.29, 0.717) is 0 Å². The van der Waals surface area contributed by atoms with Crippen LogP contribution in [0.3, 0.4) is 0 Å². The van der Waals surface area contributed by atoms with Crippen molar-refractivity contribution in [2.45, 2.75) is 19.5 Å². The molecule has 0 radical (unpaired) electrons. The van der Waals surface area contributed by atoms with Crippen molar-refractivity contribution < 1.29 is 0 Å². The predicted octanol–water partition coefficient (Wildman–Crippen LogP) is 2.57. The zero-order valence-corrected chi connectivity index (χ0v) is 9.73. The molecule has 0 spiro atoms. The monoisotopic (exact) mass is 220 g/mol. The third-order valence-electron chi connectivity index (χ3n) is 2.37. The van der Waals surface area contributed by atoms with E-state index in [-0.39, 0.29) is 6.17 Å². The fourth-order valence-electron chi connectivity index (χ4n) is 1.69. The molecule has 0 fully saturated rings. The van der Waals surface area contributed by atoms with E-state index >= 15 is 0 Å². The summed E-state index contributed by atoms with van der Waals surface area (Å²) in [5, 5.41) is 8.88. The van der Waals surface area contributed by atoms with Crippen LogP contribution in [0.25, 0.3) is 0 Å². The Hall–Kier alpha value is -1.06. The minimum absolute atomic E-state index is 0.260. The van der Waals surface area contributed by atoms with Gasteiger partial charge in [0.2, 0.25) is 0 Å². The summed E-state index contributed by atoms with van der Waals surface area (Å²) < 4.78 is 0. The zero-order chi connectivity index (χ0) is 10.7. The normalized spacial score (nSPS) is 19.9. The first-order valence-electron chi connectivity index (χ1n) is 5.12. The molecule has 1 aliphatic heterocycles. The lowest BCUT2D eigenvalue weighted by atomic mass is 10.1. The van der Waals surface area contributed by atoms with Crippen molar-refractivity contribution in [2.75, 3.05) is 6.54 Å². The number of rotatable bonds is 3. The summed E-state index contributed by atoms with van der Waals surface area (Å²) in [4.78, 5) is 1.41. The van der Waals surface area contributed by atoms with Crippen LogP contribution in [0.2, 0.25) is 0 Å². The largest absolute Gasteiger partial charge is 0.372 e. The molecule has 0 bridgehead atoms. The van der Waals surface area contributed by atoms with Crippen LogP contribution in [0, 0.1) is 0 Å². The zero-order valence-electron chi connectivity index (χ0n) is 8.92. The molecule has 2 heterocycles. The van der Waals surface area contributed by atoms with Gasteiger partial charge in [0.25, 0.3) is 0 Å². The molecular weight excluding hydrogens is 204 g/mol. The van der Waals surface area contributed by atoms with E-state index in [1.807, 2.05) is 6.20 Å². The van der Waals surface area contributed by atoms with E-state index in [1.165, 1.54) is 16.0 Å².